The number of methoxy groups -OCH3 is 1. The molecule has 0 aromatic heterocycles. The molecule has 0 spiro atoms. The highest BCUT2D eigenvalue weighted by Crippen LogP contribution is 2.31. The number of nitrogens with zero attached hydrogens (tertiary/aromatic N) is 1. The van der Waals surface area contributed by atoms with Crippen LogP contribution >= 0.6 is 0 Å². The van der Waals surface area contributed by atoms with Crippen molar-refractivity contribution >= 4 is 11.8 Å². The number of rotatable bonds is 8. The SMILES string of the molecule is COc1ccc(-c2cc(C)cc(C)c2)cc1CNC1CCN(C(=O)CNC(C)=O)CC1c1ccccc1. The number of hydrogen-bond donors (Lipinski definition) is 2. The highest BCUT2D eigenvalue weighted by Gasteiger charge is 2.32. The lowest BCUT2D eigenvalue weighted by Crippen LogP contribution is -2.51. The maximum Gasteiger partial charge on any atom is 0.241 e. The number of carbonyl (C=O) groups is 2. The third kappa shape index (κ3) is 6.77. The molecule has 2 N–H and O–H groups in total. The van der Waals surface area contributed by atoms with Crippen molar-refractivity contribution in [1.82, 2.24) is 15.5 Å². The molecule has 0 radical (unpaired) electrons. The van der Waals surface area contributed by atoms with Gasteiger partial charge < -0.3 is 20.3 Å². The Morgan fingerprint density at radius 2 is 1.70 bits per heavy atom. The van der Waals surface area contributed by atoms with Crippen molar-refractivity contribution < 1.29 is 14.3 Å². The molecule has 4 rings (SSSR count). The first-order valence-corrected chi connectivity index (χ1v) is 12.9. The molecular weight excluding hydrogens is 462 g/mol. The molecule has 0 bridgehead atoms. The van der Waals surface area contributed by atoms with Gasteiger partial charge in [0.2, 0.25) is 11.8 Å². The third-order valence-electron chi connectivity index (χ3n) is 7.07. The van der Waals surface area contributed by atoms with Crippen molar-refractivity contribution in [2.24, 2.45) is 0 Å². The highest BCUT2D eigenvalue weighted by molar-refractivity contribution is 5.83. The molecule has 0 aliphatic carbocycles. The number of likely N-dealkylation sites (tertiary alicyclic amines) is 1. The van der Waals surface area contributed by atoms with Gasteiger partial charge >= 0.3 is 0 Å². The van der Waals surface area contributed by atoms with Crippen molar-refractivity contribution in [2.75, 3.05) is 26.7 Å². The number of ether oxygens (including phenoxy) is 1. The van der Waals surface area contributed by atoms with E-state index in [4.69, 9.17) is 4.74 Å². The van der Waals surface area contributed by atoms with Gasteiger partial charge in [-0.3, -0.25) is 9.59 Å². The zero-order valence-electron chi connectivity index (χ0n) is 22.2. The second-order valence-electron chi connectivity index (χ2n) is 9.95. The summed E-state index contributed by atoms with van der Waals surface area (Å²) in [4.78, 5) is 25.9. The molecular formula is C31H37N3O3. The number of hydrogen-bond acceptors (Lipinski definition) is 4. The number of amides is 2. The minimum Gasteiger partial charge on any atom is -0.496 e. The van der Waals surface area contributed by atoms with E-state index in [1.165, 1.54) is 34.7 Å². The standard InChI is InChI=1S/C31H37N3O3/c1-21-14-22(2)16-26(15-21)25-10-11-30(37-4)27(17-25)18-33-29-12-13-34(31(36)19-32-23(3)35)20-28(29)24-8-6-5-7-9-24/h5-11,14-17,28-29,33H,12-13,18-20H2,1-4H3,(H,32,35). The molecule has 2 unspecified atom stereocenters. The third-order valence-corrected chi connectivity index (χ3v) is 7.07. The number of aryl methyl sites for hydroxylation is 2. The van der Waals surface area contributed by atoms with E-state index in [1.54, 1.807) is 7.11 Å². The first kappa shape index (κ1) is 26.4. The van der Waals surface area contributed by atoms with E-state index in [9.17, 15) is 9.59 Å². The fraction of sp³-hybridized carbons (Fsp3) is 0.355. The summed E-state index contributed by atoms with van der Waals surface area (Å²) in [5.74, 6) is 0.767. The van der Waals surface area contributed by atoms with Crippen LogP contribution in [0.3, 0.4) is 0 Å². The van der Waals surface area contributed by atoms with Crippen molar-refractivity contribution in [3.8, 4) is 16.9 Å². The Labute approximate surface area is 220 Å². The fourth-order valence-electron chi connectivity index (χ4n) is 5.25. The Kier molecular flexibility index (Phi) is 8.62. The van der Waals surface area contributed by atoms with Crippen LogP contribution in [0, 0.1) is 13.8 Å². The Balaban J connectivity index is 1.53. The van der Waals surface area contributed by atoms with Crippen LogP contribution in [0.4, 0.5) is 0 Å². The van der Waals surface area contributed by atoms with E-state index >= 15 is 0 Å². The molecule has 194 valence electrons. The van der Waals surface area contributed by atoms with Crippen LogP contribution in [-0.4, -0.2) is 49.5 Å². The van der Waals surface area contributed by atoms with Crippen LogP contribution in [0.15, 0.2) is 66.7 Å². The van der Waals surface area contributed by atoms with Gasteiger partial charge in [-0.1, -0.05) is 65.7 Å². The number of carbonyl (C=O) groups excluding carboxylic acids is 2. The summed E-state index contributed by atoms with van der Waals surface area (Å²) in [5.41, 5.74) is 7.17. The second-order valence-corrected chi connectivity index (χ2v) is 9.95. The molecule has 6 nitrogen and oxygen atoms in total. The molecule has 2 amide bonds. The van der Waals surface area contributed by atoms with E-state index in [2.05, 4.69) is 66.9 Å². The van der Waals surface area contributed by atoms with Crippen LogP contribution in [-0.2, 0) is 16.1 Å². The van der Waals surface area contributed by atoms with E-state index in [-0.39, 0.29) is 30.3 Å². The summed E-state index contributed by atoms with van der Waals surface area (Å²) in [6, 6.07) is 23.5. The number of nitrogens with one attached hydrogen (secondary N) is 2. The van der Waals surface area contributed by atoms with Gasteiger partial charge in [-0.2, -0.15) is 0 Å². The van der Waals surface area contributed by atoms with Crippen LogP contribution in [0.2, 0.25) is 0 Å². The maximum atomic E-state index is 12.7. The van der Waals surface area contributed by atoms with Gasteiger partial charge in [0.1, 0.15) is 5.75 Å². The molecule has 1 heterocycles. The van der Waals surface area contributed by atoms with E-state index in [0.29, 0.717) is 19.6 Å². The molecule has 1 saturated heterocycles. The van der Waals surface area contributed by atoms with Crippen molar-refractivity contribution in [3.63, 3.8) is 0 Å². The van der Waals surface area contributed by atoms with Crippen molar-refractivity contribution in [1.29, 1.82) is 0 Å². The number of benzene rings is 3. The summed E-state index contributed by atoms with van der Waals surface area (Å²) in [6.45, 7) is 7.64. The molecule has 0 saturated carbocycles. The Bertz CT molecular complexity index is 1220. The Morgan fingerprint density at radius 1 is 0.973 bits per heavy atom. The van der Waals surface area contributed by atoms with Gasteiger partial charge in [-0.15, -0.1) is 0 Å². The normalized spacial score (nSPS) is 17.4. The van der Waals surface area contributed by atoms with Crippen molar-refractivity contribution in [3.05, 3.63) is 89.0 Å². The van der Waals surface area contributed by atoms with Gasteiger partial charge in [0, 0.05) is 44.1 Å². The molecule has 1 aliphatic heterocycles. The Morgan fingerprint density at radius 3 is 2.38 bits per heavy atom. The average molecular weight is 500 g/mol. The quantitative estimate of drug-likeness (QED) is 0.476. The zero-order chi connectivity index (χ0) is 26.4. The predicted molar refractivity (Wildman–Crippen MR) is 148 cm³/mol. The second kappa shape index (κ2) is 12.1. The molecule has 37 heavy (non-hydrogen) atoms. The number of piperidine rings is 1. The fourth-order valence-corrected chi connectivity index (χ4v) is 5.25. The molecule has 1 aliphatic rings. The van der Waals surface area contributed by atoms with Gasteiger partial charge in [-0.05, 0) is 49.1 Å². The van der Waals surface area contributed by atoms with Crippen LogP contribution < -0.4 is 15.4 Å². The summed E-state index contributed by atoms with van der Waals surface area (Å²) in [6.07, 6.45) is 0.824. The Hall–Kier alpha value is -3.64. The average Bonchev–Trinajstić information content (AvgIpc) is 2.90. The first-order valence-electron chi connectivity index (χ1n) is 12.9. The van der Waals surface area contributed by atoms with E-state index in [0.717, 1.165) is 17.7 Å². The molecule has 3 aromatic rings. The van der Waals surface area contributed by atoms with Gasteiger partial charge in [0.05, 0.1) is 13.7 Å². The van der Waals surface area contributed by atoms with Gasteiger partial charge in [0.25, 0.3) is 0 Å². The molecule has 1 fully saturated rings. The van der Waals surface area contributed by atoms with Crippen LogP contribution in [0.25, 0.3) is 11.1 Å². The minimum atomic E-state index is -0.193. The zero-order valence-corrected chi connectivity index (χ0v) is 22.2. The maximum absolute atomic E-state index is 12.7. The highest BCUT2D eigenvalue weighted by atomic mass is 16.5. The van der Waals surface area contributed by atoms with E-state index in [1.807, 2.05) is 29.2 Å². The van der Waals surface area contributed by atoms with Gasteiger partial charge in [-0.25, -0.2) is 0 Å². The van der Waals surface area contributed by atoms with Crippen LogP contribution in [0.5, 0.6) is 5.75 Å². The smallest absolute Gasteiger partial charge is 0.241 e. The van der Waals surface area contributed by atoms with Crippen LogP contribution in [0.1, 0.15) is 41.5 Å². The predicted octanol–water partition coefficient (Wildman–Crippen LogP) is 4.59. The van der Waals surface area contributed by atoms with Crippen molar-refractivity contribution in [2.45, 2.75) is 45.7 Å². The molecule has 6 heteroatoms. The minimum absolute atomic E-state index is 0.0391. The summed E-state index contributed by atoms with van der Waals surface area (Å²) in [7, 11) is 1.71. The summed E-state index contributed by atoms with van der Waals surface area (Å²) >= 11 is 0. The molecule has 2 atom stereocenters. The van der Waals surface area contributed by atoms with E-state index < -0.39 is 0 Å². The van der Waals surface area contributed by atoms with Gasteiger partial charge in [0.15, 0.2) is 0 Å². The lowest BCUT2D eigenvalue weighted by Gasteiger charge is -2.39. The molecule has 3 aromatic carbocycles. The lowest BCUT2D eigenvalue weighted by atomic mass is 9.85. The monoisotopic (exact) mass is 499 g/mol. The topological polar surface area (TPSA) is 70.7 Å². The largest absolute Gasteiger partial charge is 0.496 e. The summed E-state index contributed by atoms with van der Waals surface area (Å²) < 4.78 is 5.70. The lowest BCUT2D eigenvalue weighted by molar-refractivity contribution is -0.133. The summed E-state index contributed by atoms with van der Waals surface area (Å²) in [5, 5.41) is 6.42. The first-order chi connectivity index (χ1) is 17.8.